The summed E-state index contributed by atoms with van der Waals surface area (Å²) in [6, 6.07) is 11.9. The van der Waals surface area contributed by atoms with E-state index in [0.29, 0.717) is 38.9 Å². The Balaban J connectivity index is 2.07. The number of benzene rings is 1. The molecule has 0 saturated carbocycles. The molecule has 0 spiro atoms. The first-order valence-electron chi connectivity index (χ1n) is 7.46. The third kappa shape index (κ3) is 2.56. The Morgan fingerprint density at radius 1 is 1.24 bits per heavy atom. The van der Waals surface area contributed by atoms with Crippen LogP contribution in [0.15, 0.2) is 53.1 Å². The number of rotatable bonds is 3. The summed E-state index contributed by atoms with van der Waals surface area (Å²) < 4.78 is 6.91. The Hall–Kier alpha value is -3.12. The van der Waals surface area contributed by atoms with Gasteiger partial charge in [0.1, 0.15) is 5.69 Å². The standard InChI is InChI=1S/C18H12ClN3O3/c1-10-16-13(18(23)24)9-14(15-6-3-7-25-15)20-17(16)22(21-10)12-5-2-4-11(19)8-12/h2-9H,1H3,(H,23,24)/p-1. The molecular weight excluding hydrogens is 342 g/mol. The van der Waals surface area contributed by atoms with Crippen LogP contribution in [0, 0.1) is 6.92 Å². The lowest BCUT2D eigenvalue weighted by Crippen LogP contribution is -2.23. The second-order valence-corrected chi connectivity index (χ2v) is 5.93. The van der Waals surface area contributed by atoms with Crippen LogP contribution in [0.3, 0.4) is 0 Å². The first-order chi connectivity index (χ1) is 12.0. The highest BCUT2D eigenvalue weighted by molar-refractivity contribution is 6.30. The molecule has 4 rings (SSSR count). The van der Waals surface area contributed by atoms with Gasteiger partial charge in [0, 0.05) is 10.6 Å². The number of pyridine rings is 1. The molecular formula is C18H11ClN3O3-. The van der Waals surface area contributed by atoms with Crippen molar-refractivity contribution in [1.82, 2.24) is 14.8 Å². The van der Waals surface area contributed by atoms with Gasteiger partial charge in [0.2, 0.25) is 0 Å². The summed E-state index contributed by atoms with van der Waals surface area (Å²) in [5.41, 5.74) is 2.02. The number of fused-ring (bicyclic) bond motifs is 1. The Morgan fingerprint density at radius 3 is 2.76 bits per heavy atom. The molecule has 0 radical (unpaired) electrons. The molecule has 4 aromatic rings. The minimum absolute atomic E-state index is 0.0159. The average Bonchev–Trinajstić information content (AvgIpc) is 3.22. The monoisotopic (exact) mass is 352 g/mol. The minimum Gasteiger partial charge on any atom is -0.545 e. The fourth-order valence-corrected chi connectivity index (χ4v) is 2.97. The van der Waals surface area contributed by atoms with Crippen molar-refractivity contribution in [2.45, 2.75) is 6.92 Å². The summed E-state index contributed by atoms with van der Waals surface area (Å²) in [6.45, 7) is 1.73. The first-order valence-corrected chi connectivity index (χ1v) is 7.84. The summed E-state index contributed by atoms with van der Waals surface area (Å²) in [5.74, 6) is -0.838. The van der Waals surface area contributed by atoms with Crippen LogP contribution in [-0.4, -0.2) is 20.7 Å². The predicted octanol–water partition coefficient (Wildman–Crippen LogP) is 3.01. The number of carboxylic acids is 1. The van der Waals surface area contributed by atoms with Crippen molar-refractivity contribution >= 4 is 28.6 Å². The lowest BCUT2D eigenvalue weighted by Gasteiger charge is -2.08. The van der Waals surface area contributed by atoms with Gasteiger partial charge in [0.15, 0.2) is 11.4 Å². The van der Waals surface area contributed by atoms with Gasteiger partial charge in [-0.15, -0.1) is 0 Å². The van der Waals surface area contributed by atoms with Crippen molar-refractivity contribution in [2.75, 3.05) is 0 Å². The van der Waals surface area contributed by atoms with E-state index in [2.05, 4.69) is 10.1 Å². The Bertz CT molecular complexity index is 1100. The Labute approximate surface area is 147 Å². The van der Waals surface area contributed by atoms with Gasteiger partial charge in [-0.2, -0.15) is 5.10 Å². The molecule has 0 fully saturated rings. The summed E-state index contributed by atoms with van der Waals surface area (Å²) in [6.07, 6.45) is 1.50. The summed E-state index contributed by atoms with van der Waals surface area (Å²) in [4.78, 5) is 16.2. The van der Waals surface area contributed by atoms with Crippen molar-refractivity contribution in [1.29, 1.82) is 0 Å². The number of aromatic nitrogens is 3. The molecule has 25 heavy (non-hydrogen) atoms. The molecule has 0 aliphatic rings. The smallest absolute Gasteiger partial charge is 0.164 e. The zero-order valence-electron chi connectivity index (χ0n) is 13.1. The Morgan fingerprint density at radius 2 is 2.08 bits per heavy atom. The summed E-state index contributed by atoms with van der Waals surface area (Å²) in [5, 5.41) is 17.1. The second-order valence-electron chi connectivity index (χ2n) is 5.50. The van der Waals surface area contributed by atoms with E-state index in [-0.39, 0.29) is 5.56 Å². The second kappa shape index (κ2) is 5.75. The van der Waals surface area contributed by atoms with E-state index in [9.17, 15) is 9.90 Å². The molecule has 3 heterocycles. The van der Waals surface area contributed by atoms with Crippen molar-refractivity contribution in [2.24, 2.45) is 0 Å². The topological polar surface area (TPSA) is 84.0 Å². The first kappa shape index (κ1) is 15.4. The molecule has 7 heteroatoms. The highest BCUT2D eigenvalue weighted by Gasteiger charge is 2.18. The van der Waals surface area contributed by atoms with Gasteiger partial charge in [-0.25, -0.2) is 9.67 Å². The summed E-state index contributed by atoms with van der Waals surface area (Å²) in [7, 11) is 0. The lowest BCUT2D eigenvalue weighted by atomic mass is 10.1. The van der Waals surface area contributed by atoms with E-state index >= 15 is 0 Å². The van der Waals surface area contributed by atoms with E-state index in [4.69, 9.17) is 16.0 Å². The number of aromatic carboxylic acids is 1. The molecule has 0 unspecified atom stereocenters. The van der Waals surface area contributed by atoms with Crippen LogP contribution in [0.25, 0.3) is 28.2 Å². The molecule has 0 amide bonds. The number of aryl methyl sites for hydroxylation is 1. The van der Waals surface area contributed by atoms with Crippen LogP contribution >= 0.6 is 11.6 Å². The molecule has 0 saturated heterocycles. The van der Waals surface area contributed by atoms with Gasteiger partial charge in [-0.1, -0.05) is 17.7 Å². The van der Waals surface area contributed by atoms with E-state index in [1.165, 1.54) is 12.3 Å². The zero-order chi connectivity index (χ0) is 17.6. The number of furan rings is 1. The van der Waals surface area contributed by atoms with Crippen molar-refractivity contribution in [3.8, 4) is 17.1 Å². The normalized spacial score (nSPS) is 11.1. The number of halogens is 1. The molecule has 3 aromatic heterocycles. The third-order valence-corrected chi connectivity index (χ3v) is 4.09. The van der Waals surface area contributed by atoms with Gasteiger partial charge in [0.05, 0.1) is 29.0 Å². The molecule has 0 aliphatic heterocycles. The minimum atomic E-state index is -1.30. The van der Waals surface area contributed by atoms with Gasteiger partial charge >= 0.3 is 0 Å². The predicted molar refractivity (Wildman–Crippen MR) is 90.6 cm³/mol. The number of carboxylic acid groups (broad SMARTS) is 1. The van der Waals surface area contributed by atoms with Gasteiger partial charge in [0.25, 0.3) is 0 Å². The summed E-state index contributed by atoms with van der Waals surface area (Å²) >= 11 is 6.07. The fourth-order valence-electron chi connectivity index (χ4n) is 2.79. The van der Waals surface area contributed by atoms with Crippen LogP contribution in [0.1, 0.15) is 16.1 Å². The SMILES string of the molecule is Cc1nn(-c2cccc(Cl)c2)c2nc(-c3ccco3)cc(C(=O)[O-])c12. The van der Waals surface area contributed by atoms with E-state index in [0.717, 1.165) is 0 Å². The fraction of sp³-hybridized carbons (Fsp3) is 0.0556. The number of carbonyl (C=O) groups is 1. The number of nitrogens with zero attached hydrogens (tertiary/aromatic N) is 3. The molecule has 0 atom stereocenters. The third-order valence-electron chi connectivity index (χ3n) is 3.86. The van der Waals surface area contributed by atoms with Gasteiger partial charge in [-0.05, 0) is 43.3 Å². The molecule has 0 bridgehead atoms. The van der Waals surface area contributed by atoms with Crippen molar-refractivity contribution in [3.63, 3.8) is 0 Å². The maximum atomic E-state index is 11.7. The van der Waals surface area contributed by atoms with Crippen LogP contribution < -0.4 is 5.11 Å². The van der Waals surface area contributed by atoms with Crippen LogP contribution in [0.5, 0.6) is 0 Å². The maximum absolute atomic E-state index is 11.7. The average molecular weight is 353 g/mol. The van der Waals surface area contributed by atoms with Gasteiger partial charge < -0.3 is 14.3 Å². The number of hydrogen-bond acceptors (Lipinski definition) is 5. The molecule has 6 nitrogen and oxygen atoms in total. The number of carbonyl (C=O) groups excluding carboxylic acids is 1. The highest BCUT2D eigenvalue weighted by Crippen LogP contribution is 2.29. The van der Waals surface area contributed by atoms with E-state index < -0.39 is 5.97 Å². The molecule has 124 valence electrons. The van der Waals surface area contributed by atoms with E-state index in [1.807, 2.05) is 6.07 Å². The molecule has 0 aliphatic carbocycles. The van der Waals surface area contributed by atoms with Crippen LogP contribution in [0.2, 0.25) is 5.02 Å². The van der Waals surface area contributed by atoms with Gasteiger partial charge in [-0.3, -0.25) is 0 Å². The largest absolute Gasteiger partial charge is 0.545 e. The zero-order valence-corrected chi connectivity index (χ0v) is 13.8. The van der Waals surface area contributed by atoms with Crippen LogP contribution in [-0.2, 0) is 0 Å². The molecule has 1 aromatic carbocycles. The highest BCUT2D eigenvalue weighted by atomic mass is 35.5. The number of hydrogen-bond donors (Lipinski definition) is 0. The van der Waals surface area contributed by atoms with Crippen molar-refractivity contribution < 1.29 is 14.3 Å². The quantitative estimate of drug-likeness (QED) is 0.566. The van der Waals surface area contributed by atoms with Crippen LogP contribution in [0.4, 0.5) is 0 Å². The maximum Gasteiger partial charge on any atom is 0.164 e. The molecule has 0 N–H and O–H groups in total. The lowest BCUT2D eigenvalue weighted by molar-refractivity contribution is -0.254. The van der Waals surface area contributed by atoms with E-state index in [1.54, 1.807) is 41.9 Å². The van der Waals surface area contributed by atoms with Crippen molar-refractivity contribution in [3.05, 3.63) is 65.0 Å². The Kier molecular flexibility index (Phi) is 3.54.